The van der Waals surface area contributed by atoms with E-state index in [0.717, 1.165) is 50.6 Å². The molecule has 1 aromatic rings. The number of hydrogen-bond acceptors (Lipinski definition) is 5. The Bertz CT molecular complexity index is 556. The van der Waals surface area contributed by atoms with E-state index in [4.69, 9.17) is 9.47 Å². The monoisotopic (exact) mass is 334 g/mol. The molecule has 1 fully saturated rings. The van der Waals surface area contributed by atoms with Crippen LogP contribution in [0.25, 0.3) is 0 Å². The summed E-state index contributed by atoms with van der Waals surface area (Å²) in [5, 5.41) is 9.46. The van der Waals surface area contributed by atoms with Crippen molar-refractivity contribution in [2.75, 3.05) is 39.6 Å². The fourth-order valence-electron chi connectivity index (χ4n) is 3.70. The third kappa shape index (κ3) is 4.21. The maximum atomic E-state index is 9.46. The number of hydrogen-bond donors (Lipinski definition) is 1. The summed E-state index contributed by atoms with van der Waals surface area (Å²) in [5.74, 6) is 1.75. The average Bonchev–Trinajstić information content (AvgIpc) is 2.98. The molecule has 5 heteroatoms. The van der Waals surface area contributed by atoms with E-state index in [1.807, 2.05) is 12.1 Å². The Morgan fingerprint density at radius 3 is 2.79 bits per heavy atom. The van der Waals surface area contributed by atoms with Gasteiger partial charge in [-0.25, -0.2) is 0 Å². The summed E-state index contributed by atoms with van der Waals surface area (Å²) < 4.78 is 11.1. The van der Waals surface area contributed by atoms with Gasteiger partial charge in [0.1, 0.15) is 0 Å². The third-order valence-electron chi connectivity index (χ3n) is 4.70. The Hall–Kier alpha value is -1.30. The normalized spacial score (nSPS) is 22.1. The van der Waals surface area contributed by atoms with Crippen molar-refractivity contribution in [1.29, 1.82) is 0 Å². The Kier molecular flexibility index (Phi) is 5.33. The molecule has 0 aromatic heterocycles. The van der Waals surface area contributed by atoms with Crippen molar-refractivity contribution >= 4 is 0 Å². The number of fused-ring (bicyclic) bond motifs is 1. The summed E-state index contributed by atoms with van der Waals surface area (Å²) in [4.78, 5) is 5.01. The molecule has 0 amide bonds. The topological polar surface area (TPSA) is 45.2 Å². The Morgan fingerprint density at radius 1 is 1.21 bits per heavy atom. The Balaban J connectivity index is 1.65. The second-order valence-corrected chi connectivity index (χ2v) is 8.08. The quantitative estimate of drug-likeness (QED) is 0.895. The van der Waals surface area contributed by atoms with Crippen LogP contribution in [0.2, 0.25) is 0 Å². The number of nitrogens with zero attached hydrogens (tertiary/aromatic N) is 2. The fraction of sp³-hybridized carbons (Fsp3) is 0.684. The largest absolute Gasteiger partial charge is 0.454 e. The van der Waals surface area contributed by atoms with Crippen LogP contribution in [0.5, 0.6) is 11.5 Å². The predicted octanol–water partition coefficient (Wildman–Crippen LogP) is 2.33. The minimum Gasteiger partial charge on any atom is -0.454 e. The maximum absolute atomic E-state index is 9.46. The lowest BCUT2D eigenvalue weighted by Gasteiger charge is -2.44. The number of benzene rings is 1. The van der Waals surface area contributed by atoms with Crippen molar-refractivity contribution in [3.05, 3.63) is 23.8 Å². The Morgan fingerprint density at radius 2 is 2.04 bits per heavy atom. The second kappa shape index (κ2) is 7.30. The average molecular weight is 334 g/mol. The van der Waals surface area contributed by atoms with Gasteiger partial charge in [0, 0.05) is 50.9 Å². The van der Waals surface area contributed by atoms with Gasteiger partial charge >= 0.3 is 0 Å². The van der Waals surface area contributed by atoms with Gasteiger partial charge in [0.2, 0.25) is 6.79 Å². The second-order valence-electron chi connectivity index (χ2n) is 8.08. The van der Waals surface area contributed by atoms with Crippen molar-refractivity contribution in [1.82, 2.24) is 9.80 Å². The van der Waals surface area contributed by atoms with Crippen molar-refractivity contribution in [3.8, 4) is 11.5 Å². The lowest BCUT2D eigenvalue weighted by Crippen LogP contribution is -2.54. The van der Waals surface area contributed by atoms with E-state index in [1.54, 1.807) is 0 Å². The summed E-state index contributed by atoms with van der Waals surface area (Å²) >= 11 is 0. The molecule has 0 spiro atoms. The minimum absolute atomic E-state index is 0.247. The van der Waals surface area contributed by atoms with Gasteiger partial charge in [-0.1, -0.05) is 32.9 Å². The molecule has 2 aliphatic rings. The smallest absolute Gasteiger partial charge is 0.231 e. The van der Waals surface area contributed by atoms with Crippen LogP contribution in [0.15, 0.2) is 18.2 Å². The van der Waals surface area contributed by atoms with Crippen molar-refractivity contribution in [3.63, 3.8) is 0 Å². The van der Waals surface area contributed by atoms with Gasteiger partial charge in [0.25, 0.3) is 0 Å². The van der Waals surface area contributed by atoms with Crippen LogP contribution in [0.4, 0.5) is 0 Å². The highest BCUT2D eigenvalue weighted by Gasteiger charge is 2.30. The lowest BCUT2D eigenvalue weighted by atomic mass is 9.94. The van der Waals surface area contributed by atoms with E-state index in [1.165, 1.54) is 5.56 Å². The molecule has 0 bridgehead atoms. The zero-order valence-electron chi connectivity index (χ0n) is 15.1. The highest BCUT2D eigenvalue weighted by Crippen LogP contribution is 2.36. The number of aliphatic hydroxyl groups excluding tert-OH is 1. The molecule has 134 valence electrons. The van der Waals surface area contributed by atoms with Gasteiger partial charge in [-0.2, -0.15) is 0 Å². The van der Waals surface area contributed by atoms with E-state index in [9.17, 15) is 5.11 Å². The van der Waals surface area contributed by atoms with E-state index in [0.29, 0.717) is 12.8 Å². The van der Waals surface area contributed by atoms with Crippen LogP contribution < -0.4 is 9.47 Å². The standard InChI is InChI=1S/C19H30N2O3/c1-19(2,3)13-21-9-8-20(12-16(21)7-10-22)11-15-5-4-6-17-18(15)24-14-23-17/h4-6,16,22H,7-14H2,1-3H3/t16-/m0/s1. The molecule has 1 atom stereocenters. The molecule has 1 saturated heterocycles. The van der Waals surface area contributed by atoms with Gasteiger partial charge in [0.15, 0.2) is 11.5 Å². The third-order valence-corrected chi connectivity index (χ3v) is 4.70. The molecule has 2 heterocycles. The molecule has 0 saturated carbocycles. The van der Waals surface area contributed by atoms with E-state index >= 15 is 0 Å². The summed E-state index contributed by atoms with van der Waals surface area (Å²) in [5.41, 5.74) is 1.47. The molecule has 0 aliphatic carbocycles. The van der Waals surface area contributed by atoms with E-state index < -0.39 is 0 Å². The van der Waals surface area contributed by atoms with Gasteiger partial charge in [-0.3, -0.25) is 9.80 Å². The van der Waals surface area contributed by atoms with Gasteiger partial charge in [0.05, 0.1) is 0 Å². The van der Waals surface area contributed by atoms with Gasteiger partial charge in [-0.05, 0) is 17.9 Å². The number of piperazine rings is 1. The first kappa shape index (κ1) is 17.5. The Labute approximate surface area is 145 Å². The maximum Gasteiger partial charge on any atom is 0.231 e. The van der Waals surface area contributed by atoms with Crippen molar-refractivity contribution < 1.29 is 14.6 Å². The summed E-state index contributed by atoms with van der Waals surface area (Å²) in [6.45, 7) is 12.4. The summed E-state index contributed by atoms with van der Waals surface area (Å²) in [6.07, 6.45) is 0.832. The number of para-hydroxylation sites is 1. The number of rotatable bonds is 5. The molecular formula is C19H30N2O3. The lowest BCUT2D eigenvalue weighted by molar-refractivity contribution is 0.0336. The molecule has 2 aliphatic heterocycles. The van der Waals surface area contributed by atoms with Crippen LogP contribution >= 0.6 is 0 Å². The number of ether oxygens (including phenoxy) is 2. The highest BCUT2D eigenvalue weighted by molar-refractivity contribution is 5.48. The first-order valence-corrected chi connectivity index (χ1v) is 8.91. The SMILES string of the molecule is CC(C)(C)CN1CCN(Cc2cccc3c2OCO3)C[C@@H]1CCO. The van der Waals surface area contributed by atoms with Crippen LogP contribution in [0, 0.1) is 5.41 Å². The fourth-order valence-corrected chi connectivity index (χ4v) is 3.70. The van der Waals surface area contributed by atoms with Crippen LogP contribution in [0.1, 0.15) is 32.8 Å². The first-order chi connectivity index (χ1) is 11.5. The van der Waals surface area contributed by atoms with Crippen molar-refractivity contribution in [2.24, 2.45) is 5.41 Å². The zero-order valence-corrected chi connectivity index (χ0v) is 15.1. The van der Waals surface area contributed by atoms with E-state index in [2.05, 4.69) is 36.6 Å². The van der Waals surface area contributed by atoms with Crippen LogP contribution in [0.3, 0.4) is 0 Å². The van der Waals surface area contributed by atoms with Gasteiger partial charge in [-0.15, -0.1) is 0 Å². The van der Waals surface area contributed by atoms with Gasteiger partial charge < -0.3 is 14.6 Å². The molecule has 0 radical (unpaired) electrons. The molecule has 1 aromatic carbocycles. The van der Waals surface area contributed by atoms with Crippen LogP contribution in [-0.2, 0) is 6.54 Å². The first-order valence-electron chi connectivity index (χ1n) is 8.91. The summed E-state index contributed by atoms with van der Waals surface area (Å²) in [7, 11) is 0. The molecule has 1 N–H and O–H groups in total. The molecule has 5 nitrogen and oxygen atoms in total. The van der Waals surface area contributed by atoms with E-state index in [-0.39, 0.29) is 12.0 Å². The molecule has 0 unspecified atom stereocenters. The number of aliphatic hydroxyl groups is 1. The highest BCUT2D eigenvalue weighted by atomic mass is 16.7. The molecule has 24 heavy (non-hydrogen) atoms. The predicted molar refractivity (Wildman–Crippen MR) is 94.4 cm³/mol. The summed E-state index contributed by atoms with van der Waals surface area (Å²) in [6, 6.07) is 6.53. The minimum atomic E-state index is 0.247. The molecule has 3 rings (SSSR count). The van der Waals surface area contributed by atoms with Crippen LogP contribution in [-0.4, -0.2) is 60.5 Å². The van der Waals surface area contributed by atoms with Crippen molar-refractivity contribution in [2.45, 2.75) is 39.8 Å². The zero-order chi connectivity index (χ0) is 17.2. The molecular weight excluding hydrogens is 304 g/mol.